The second-order valence-electron chi connectivity index (χ2n) is 9.81. The molecular formula is C29H32NO3+. The van der Waals surface area contributed by atoms with Gasteiger partial charge < -0.3 is 14.3 Å². The molecule has 0 spiro atoms. The highest BCUT2D eigenvalue weighted by Gasteiger charge is 2.50. The SMILES string of the molecule is C[N+]1(CCCc2ccccc2)CCCC(OC(=O)C2(O)c3ccccc3-c3ccccc32)C1. The fourth-order valence-corrected chi connectivity index (χ4v) is 5.65. The van der Waals surface area contributed by atoms with E-state index in [1.807, 2.05) is 48.5 Å². The van der Waals surface area contributed by atoms with Crippen LogP contribution in [0.5, 0.6) is 0 Å². The smallest absolute Gasteiger partial charge is 0.348 e. The molecule has 0 bridgehead atoms. The topological polar surface area (TPSA) is 46.5 Å². The van der Waals surface area contributed by atoms with Crippen LogP contribution in [0.15, 0.2) is 78.9 Å². The van der Waals surface area contributed by atoms with Gasteiger partial charge in [-0.2, -0.15) is 0 Å². The molecule has 1 saturated heterocycles. The number of likely N-dealkylation sites (N-methyl/N-ethyl adjacent to an activating group) is 1. The van der Waals surface area contributed by atoms with Gasteiger partial charge in [0.2, 0.25) is 5.60 Å². The number of hydrogen-bond donors (Lipinski definition) is 1. The molecule has 2 unspecified atom stereocenters. The third-order valence-electron chi connectivity index (χ3n) is 7.37. The third kappa shape index (κ3) is 4.09. The maximum atomic E-state index is 13.5. The Morgan fingerprint density at radius 2 is 1.58 bits per heavy atom. The predicted molar refractivity (Wildman–Crippen MR) is 130 cm³/mol. The van der Waals surface area contributed by atoms with E-state index < -0.39 is 11.6 Å². The van der Waals surface area contributed by atoms with Gasteiger partial charge in [0.15, 0.2) is 6.10 Å². The number of quaternary nitrogens is 1. The Kier molecular flexibility index (Phi) is 5.81. The summed E-state index contributed by atoms with van der Waals surface area (Å²) in [5.74, 6) is -0.553. The highest BCUT2D eigenvalue weighted by atomic mass is 16.6. The summed E-state index contributed by atoms with van der Waals surface area (Å²) in [7, 11) is 2.26. The molecule has 2 aliphatic rings. The Labute approximate surface area is 196 Å². The highest BCUT2D eigenvalue weighted by molar-refractivity contribution is 5.96. The van der Waals surface area contributed by atoms with Crippen molar-refractivity contribution >= 4 is 5.97 Å². The van der Waals surface area contributed by atoms with Gasteiger partial charge in [-0.05, 0) is 29.5 Å². The molecule has 1 aliphatic carbocycles. The van der Waals surface area contributed by atoms with Crippen molar-refractivity contribution < 1.29 is 19.1 Å². The summed E-state index contributed by atoms with van der Waals surface area (Å²) in [6.45, 7) is 2.94. The summed E-state index contributed by atoms with van der Waals surface area (Å²) < 4.78 is 6.95. The minimum absolute atomic E-state index is 0.183. The van der Waals surface area contributed by atoms with Crippen LogP contribution in [0.1, 0.15) is 36.0 Å². The Bertz CT molecular complexity index is 1100. The lowest BCUT2D eigenvalue weighted by Crippen LogP contribution is -2.55. The maximum Gasteiger partial charge on any atom is 0.348 e. The van der Waals surface area contributed by atoms with Crippen molar-refractivity contribution in [3.8, 4) is 11.1 Å². The summed E-state index contributed by atoms with van der Waals surface area (Å²) in [6, 6.07) is 25.8. The number of benzene rings is 3. The Morgan fingerprint density at radius 3 is 2.24 bits per heavy atom. The Hall–Kier alpha value is -2.95. The molecule has 5 rings (SSSR count). The van der Waals surface area contributed by atoms with Crippen molar-refractivity contribution in [2.24, 2.45) is 0 Å². The molecule has 1 fully saturated rings. The molecule has 1 aliphatic heterocycles. The molecule has 3 aromatic rings. The average Bonchev–Trinajstić information content (AvgIpc) is 3.10. The first kappa shape index (κ1) is 21.9. The number of piperidine rings is 1. The van der Waals surface area contributed by atoms with E-state index >= 15 is 0 Å². The first-order chi connectivity index (χ1) is 16.0. The first-order valence-corrected chi connectivity index (χ1v) is 12.0. The average molecular weight is 443 g/mol. The number of nitrogens with zero attached hydrogens (tertiary/aromatic N) is 1. The lowest BCUT2D eigenvalue weighted by atomic mass is 9.91. The zero-order valence-electron chi connectivity index (χ0n) is 19.2. The minimum Gasteiger partial charge on any atom is -0.454 e. The molecule has 1 heterocycles. The van der Waals surface area contributed by atoms with E-state index in [-0.39, 0.29) is 6.10 Å². The molecule has 4 nitrogen and oxygen atoms in total. The summed E-state index contributed by atoms with van der Waals surface area (Å²) in [4.78, 5) is 13.5. The van der Waals surface area contributed by atoms with Crippen molar-refractivity contribution in [2.45, 2.75) is 37.4 Å². The van der Waals surface area contributed by atoms with Crippen LogP contribution < -0.4 is 0 Å². The van der Waals surface area contributed by atoms with Crippen LogP contribution in [0.3, 0.4) is 0 Å². The molecule has 0 aromatic heterocycles. The van der Waals surface area contributed by atoms with Gasteiger partial charge in [0.1, 0.15) is 6.54 Å². The molecule has 4 heteroatoms. The van der Waals surface area contributed by atoms with Crippen LogP contribution in [0.2, 0.25) is 0 Å². The number of aliphatic hydroxyl groups is 1. The number of aryl methyl sites for hydroxylation is 1. The number of fused-ring (bicyclic) bond motifs is 3. The number of likely N-dealkylation sites (tertiary alicyclic amines) is 1. The van der Waals surface area contributed by atoms with Crippen LogP contribution in [0.4, 0.5) is 0 Å². The molecule has 0 saturated carbocycles. The van der Waals surface area contributed by atoms with Gasteiger partial charge in [0.25, 0.3) is 0 Å². The number of esters is 1. The van der Waals surface area contributed by atoms with Gasteiger partial charge in [0.05, 0.1) is 20.1 Å². The lowest BCUT2D eigenvalue weighted by Gasteiger charge is -2.41. The largest absolute Gasteiger partial charge is 0.454 e. The van der Waals surface area contributed by atoms with Crippen LogP contribution >= 0.6 is 0 Å². The van der Waals surface area contributed by atoms with Crippen molar-refractivity contribution in [1.29, 1.82) is 0 Å². The van der Waals surface area contributed by atoms with E-state index in [0.29, 0.717) is 11.1 Å². The van der Waals surface area contributed by atoms with Gasteiger partial charge in [-0.3, -0.25) is 0 Å². The zero-order valence-corrected chi connectivity index (χ0v) is 19.2. The quantitative estimate of drug-likeness (QED) is 0.445. The van der Waals surface area contributed by atoms with Crippen molar-refractivity contribution in [2.75, 3.05) is 26.7 Å². The van der Waals surface area contributed by atoms with Crippen LogP contribution in [0, 0.1) is 0 Å². The number of rotatable bonds is 6. The summed E-state index contributed by atoms with van der Waals surface area (Å²) in [6.07, 6.45) is 3.85. The molecule has 1 N–H and O–H groups in total. The van der Waals surface area contributed by atoms with Gasteiger partial charge in [0, 0.05) is 24.0 Å². The van der Waals surface area contributed by atoms with Gasteiger partial charge in [-0.15, -0.1) is 0 Å². The van der Waals surface area contributed by atoms with Crippen molar-refractivity contribution in [3.05, 3.63) is 95.6 Å². The maximum absolute atomic E-state index is 13.5. The summed E-state index contributed by atoms with van der Waals surface area (Å²) in [5, 5.41) is 11.7. The molecule has 0 radical (unpaired) electrons. The summed E-state index contributed by atoms with van der Waals surface area (Å²) >= 11 is 0. The Morgan fingerprint density at radius 1 is 0.970 bits per heavy atom. The van der Waals surface area contributed by atoms with Crippen LogP contribution in [0.25, 0.3) is 11.1 Å². The van der Waals surface area contributed by atoms with E-state index in [4.69, 9.17) is 4.74 Å². The first-order valence-electron chi connectivity index (χ1n) is 12.0. The standard InChI is InChI=1S/C29H32NO3/c1-30(19-9-13-22-11-3-2-4-12-22)20-10-14-23(21-30)33-28(31)29(32)26-17-7-5-15-24(26)25-16-6-8-18-27(25)29/h2-8,11-12,15-18,23,32H,9-10,13-14,19-21H2,1H3/q+1. The lowest BCUT2D eigenvalue weighted by molar-refractivity contribution is -0.917. The number of hydrogen-bond acceptors (Lipinski definition) is 3. The second-order valence-corrected chi connectivity index (χ2v) is 9.81. The zero-order chi connectivity index (χ0) is 22.9. The number of carbonyl (C=O) groups excluding carboxylic acids is 1. The summed E-state index contributed by atoms with van der Waals surface area (Å²) in [5.41, 5.74) is 2.65. The van der Waals surface area contributed by atoms with E-state index in [1.165, 1.54) is 5.56 Å². The van der Waals surface area contributed by atoms with Gasteiger partial charge in [-0.1, -0.05) is 78.9 Å². The number of carbonyl (C=O) groups is 1. The van der Waals surface area contributed by atoms with Gasteiger partial charge >= 0.3 is 5.97 Å². The normalized spacial score (nSPS) is 22.9. The number of ether oxygens (including phenoxy) is 1. The van der Waals surface area contributed by atoms with Crippen LogP contribution in [-0.2, 0) is 21.6 Å². The molecule has 170 valence electrons. The predicted octanol–water partition coefficient (Wildman–Crippen LogP) is 4.69. The van der Waals surface area contributed by atoms with E-state index in [9.17, 15) is 9.90 Å². The van der Waals surface area contributed by atoms with E-state index in [2.05, 4.69) is 37.4 Å². The van der Waals surface area contributed by atoms with Gasteiger partial charge in [-0.25, -0.2) is 4.79 Å². The molecule has 3 aromatic carbocycles. The van der Waals surface area contributed by atoms with E-state index in [0.717, 1.165) is 60.9 Å². The fraction of sp³-hybridized carbons (Fsp3) is 0.345. The van der Waals surface area contributed by atoms with Crippen molar-refractivity contribution in [1.82, 2.24) is 0 Å². The highest BCUT2D eigenvalue weighted by Crippen LogP contribution is 2.48. The molecule has 33 heavy (non-hydrogen) atoms. The van der Waals surface area contributed by atoms with Crippen molar-refractivity contribution in [3.63, 3.8) is 0 Å². The second kappa shape index (κ2) is 8.77. The Balaban J connectivity index is 1.29. The van der Waals surface area contributed by atoms with E-state index in [1.54, 1.807) is 0 Å². The third-order valence-corrected chi connectivity index (χ3v) is 7.37. The molecular weight excluding hydrogens is 410 g/mol. The minimum atomic E-state index is -1.75. The van der Waals surface area contributed by atoms with Crippen LogP contribution in [-0.4, -0.2) is 48.3 Å². The molecule has 0 amide bonds. The molecule has 2 atom stereocenters. The fourth-order valence-electron chi connectivity index (χ4n) is 5.65. The monoisotopic (exact) mass is 442 g/mol.